The van der Waals surface area contributed by atoms with Gasteiger partial charge in [0, 0.05) is 16.3 Å². The summed E-state index contributed by atoms with van der Waals surface area (Å²) in [5.74, 6) is 0. The predicted molar refractivity (Wildman–Crippen MR) is 264 cm³/mol. The van der Waals surface area contributed by atoms with Gasteiger partial charge in [0.2, 0.25) is 0 Å². The number of para-hydroxylation sites is 1. The molecule has 4 heteroatoms. The highest BCUT2D eigenvalue weighted by Gasteiger charge is 2.34. The predicted octanol–water partition coefficient (Wildman–Crippen LogP) is 17.5. The molecule has 310 valence electrons. The normalized spacial score (nSPS) is 11.6. The number of hydrogen-bond donors (Lipinski definition) is 0. The Morgan fingerprint density at radius 1 is 0.262 bits per heavy atom. The number of rotatable bonds is 8. The van der Waals surface area contributed by atoms with Gasteiger partial charge in [-0.05, 0) is 145 Å². The van der Waals surface area contributed by atoms with E-state index in [-0.39, 0.29) is 5.56 Å². The average Bonchev–Trinajstić information content (AvgIpc) is 3.69. The lowest BCUT2D eigenvalue weighted by Gasteiger charge is -2.18. The summed E-state index contributed by atoms with van der Waals surface area (Å²) in [5.41, 5.74) is 15.5. The quantitative estimate of drug-likeness (QED) is 0.144. The second-order valence-electron chi connectivity index (χ2n) is 16.4. The van der Waals surface area contributed by atoms with Crippen molar-refractivity contribution in [2.24, 2.45) is 0 Å². The molecule has 0 saturated heterocycles. The number of hydrogen-bond acceptors (Lipinski definition) is 0. The van der Waals surface area contributed by atoms with Gasteiger partial charge in [-0.25, -0.2) is 0 Å². The second-order valence-corrected chi connectivity index (χ2v) is 16.4. The number of nitrogens with zero attached hydrogens (tertiary/aromatic N) is 1. The lowest BCUT2D eigenvalue weighted by atomic mass is 9.92. The van der Waals surface area contributed by atoms with Crippen molar-refractivity contribution in [3.8, 4) is 83.6 Å². The molecule has 11 rings (SSSR count). The molecule has 10 aromatic carbocycles. The summed E-state index contributed by atoms with van der Waals surface area (Å²) in [6.45, 7) is 0. The first-order valence-electron chi connectivity index (χ1n) is 21.7. The fourth-order valence-electron chi connectivity index (χ4n) is 9.28. The van der Waals surface area contributed by atoms with Crippen molar-refractivity contribution in [3.63, 3.8) is 0 Å². The topological polar surface area (TPSA) is 4.93 Å². The Balaban J connectivity index is 1.17. The van der Waals surface area contributed by atoms with E-state index in [1.165, 1.54) is 6.07 Å². The first-order chi connectivity index (χ1) is 31.9. The van der Waals surface area contributed by atoms with Crippen molar-refractivity contribution in [1.82, 2.24) is 4.57 Å². The van der Waals surface area contributed by atoms with Crippen molar-refractivity contribution in [1.29, 1.82) is 0 Å². The van der Waals surface area contributed by atoms with Crippen LogP contribution in [0, 0.1) is 0 Å². The van der Waals surface area contributed by atoms with Gasteiger partial charge in [0.15, 0.2) is 0 Å². The van der Waals surface area contributed by atoms with Gasteiger partial charge >= 0.3 is 6.18 Å². The van der Waals surface area contributed by atoms with Crippen LogP contribution < -0.4 is 0 Å². The maximum Gasteiger partial charge on any atom is 0.417 e. The van der Waals surface area contributed by atoms with E-state index in [2.05, 4.69) is 174 Å². The molecule has 0 fully saturated rings. The molecule has 0 bridgehead atoms. The highest BCUT2D eigenvalue weighted by atomic mass is 19.4. The van der Waals surface area contributed by atoms with Crippen LogP contribution in [0.4, 0.5) is 13.2 Å². The third-order valence-electron chi connectivity index (χ3n) is 12.4. The SMILES string of the molecule is FC(F)(F)c1ccccc1-c1ccccc1-n1c2ccc(-c3cc(-c4ccccc4)cc(-c4ccccc4)c3)cc2c2cc(-c3cc(-c4ccccc4)cc(-c4ccccc4)c3)ccc21. The monoisotopic (exact) mass is 843 g/mol. The first kappa shape index (κ1) is 39.6. The van der Waals surface area contributed by atoms with Crippen molar-refractivity contribution in [2.75, 3.05) is 0 Å². The highest BCUT2D eigenvalue weighted by molar-refractivity contribution is 6.12. The van der Waals surface area contributed by atoms with Crippen LogP contribution in [-0.2, 0) is 6.18 Å². The van der Waals surface area contributed by atoms with Gasteiger partial charge in [-0.15, -0.1) is 0 Å². The van der Waals surface area contributed by atoms with E-state index >= 15 is 0 Å². The van der Waals surface area contributed by atoms with Crippen LogP contribution in [0.5, 0.6) is 0 Å². The van der Waals surface area contributed by atoms with Gasteiger partial charge in [-0.2, -0.15) is 13.2 Å². The van der Waals surface area contributed by atoms with E-state index in [0.717, 1.165) is 94.6 Å². The zero-order valence-electron chi connectivity index (χ0n) is 35.2. The molecule has 0 unspecified atom stereocenters. The standard InChI is InChI=1S/C61H40F3N/c62-61(63,64)57-27-15-13-25-53(57)54-26-14-16-28-58(54)65-59-31-29-45(51-35-47(41-17-5-1-6-18-41)33-48(36-51)42-19-7-2-8-20-42)39-55(59)56-40-46(30-32-60(56)65)52-37-49(43-21-9-3-10-22-43)34-50(38-52)44-23-11-4-12-24-44/h1-40H. The van der Waals surface area contributed by atoms with Gasteiger partial charge in [0.05, 0.1) is 22.3 Å². The van der Waals surface area contributed by atoms with Crippen LogP contribution >= 0.6 is 0 Å². The van der Waals surface area contributed by atoms with Gasteiger partial charge in [0.25, 0.3) is 0 Å². The molecule has 1 nitrogen and oxygen atoms in total. The van der Waals surface area contributed by atoms with E-state index in [1.54, 1.807) is 18.2 Å². The van der Waals surface area contributed by atoms with E-state index in [9.17, 15) is 13.2 Å². The zero-order valence-corrected chi connectivity index (χ0v) is 35.2. The number of halogens is 3. The van der Waals surface area contributed by atoms with Crippen molar-refractivity contribution >= 4 is 21.8 Å². The average molecular weight is 844 g/mol. The van der Waals surface area contributed by atoms with Gasteiger partial charge in [-0.3, -0.25) is 0 Å². The van der Waals surface area contributed by atoms with E-state index in [4.69, 9.17) is 0 Å². The number of alkyl halides is 3. The van der Waals surface area contributed by atoms with Crippen LogP contribution in [-0.4, -0.2) is 4.57 Å². The molecule has 11 aromatic rings. The maximum atomic E-state index is 14.7. The Morgan fingerprint density at radius 3 is 0.969 bits per heavy atom. The molecule has 0 aliphatic heterocycles. The Labute approximate surface area is 376 Å². The summed E-state index contributed by atoms with van der Waals surface area (Å²) >= 11 is 0. The summed E-state index contributed by atoms with van der Waals surface area (Å²) in [5, 5.41) is 1.99. The molecule has 0 spiro atoms. The molecule has 0 N–H and O–H groups in total. The third kappa shape index (κ3) is 7.59. The molecule has 0 aliphatic rings. The van der Waals surface area contributed by atoms with E-state index < -0.39 is 11.7 Å². The maximum absolute atomic E-state index is 14.7. The number of fused-ring (bicyclic) bond motifs is 3. The summed E-state index contributed by atoms with van der Waals surface area (Å²) in [6.07, 6.45) is -4.53. The van der Waals surface area contributed by atoms with Crippen LogP contribution in [0.1, 0.15) is 5.56 Å². The molecule has 0 amide bonds. The molecule has 65 heavy (non-hydrogen) atoms. The fraction of sp³-hybridized carbons (Fsp3) is 0.0164. The molecule has 0 saturated carbocycles. The van der Waals surface area contributed by atoms with Crippen molar-refractivity contribution in [3.05, 3.63) is 248 Å². The Bertz CT molecular complexity index is 3200. The van der Waals surface area contributed by atoms with Crippen molar-refractivity contribution < 1.29 is 13.2 Å². The molecule has 0 radical (unpaired) electrons. The largest absolute Gasteiger partial charge is 0.417 e. The van der Waals surface area contributed by atoms with Crippen molar-refractivity contribution in [2.45, 2.75) is 6.18 Å². The van der Waals surface area contributed by atoms with E-state index in [1.807, 2.05) is 42.5 Å². The lowest BCUT2D eigenvalue weighted by molar-refractivity contribution is -0.137. The molecule has 0 atom stereocenters. The molecular formula is C61H40F3N. The first-order valence-corrected chi connectivity index (χ1v) is 21.7. The van der Waals surface area contributed by atoms with Crippen LogP contribution in [0.2, 0.25) is 0 Å². The Kier molecular flexibility index (Phi) is 10.1. The minimum Gasteiger partial charge on any atom is -0.309 e. The second kappa shape index (κ2) is 16.5. The Morgan fingerprint density at radius 2 is 0.585 bits per heavy atom. The third-order valence-corrected chi connectivity index (χ3v) is 12.4. The van der Waals surface area contributed by atoms with Crippen LogP contribution in [0.15, 0.2) is 243 Å². The Hall–Kier alpha value is -8.21. The van der Waals surface area contributed by atoms with Gasteiger partial charge < -0.3 is 4.57 Å². The van der Waals surface area contributed by atoms with Gasteiger partial charge in [-0.1, -0.05) is 170 Å². The number of benzene rings is 10. The van der Waals surface area contributed by atoms with E-state index in [0.29, 0.717) is 11.3 Å². The minimum absolute atomic E-state index is 0.135. The molecular weight excluding hydrogens is 804 g/mol. The fourth-order valence-corrected chi connectivity index (χ4v) is 9.28. The summed E-state index contributed by atoms with van der Waals surface area (Å²) in [7, 11) is 0. The molecule has 1 heterocycles. The summed E-state index contributed by atoms with van der Waals surface area (Å²) in [6, 6.07) is 81.5. The van der Waals surface area contributed by atoms with Crippen LogP contribution in [0.25, 0.3) is 105 Å². The zero-order chi connectivity index (χ0) is 43.9. The summed E-state index contributed by atoms with van der Waals surface area (Å²) in [4.78, 5) is 0. The minimum atomic E-state index is -4.53. The highest BCUT2D eigenvalue weighted by Crippen LogP contribution is 2.44. The van der Waals surface area contributed by atoms with Crippen LogP contribution in [0.3, 0.4) is 0 Å². The van der Waals surface area contributed by atoms with Gasteiger partial charge in [0.1, 0.15) is 0 Å². The smallest absolute Gasteiger partial charge is 0.309 e. The molecule has 1 aromatic heterocycles. The number of aromatic nitrogens is 1. The molecule has 0 aliphatic carbocycles. The lowest BCUT2D eigenvalue weighted by Crippen LogP contribution is -2.08. The summed E-state index contributed by atoms with van der Waals surface area (Å²) < 4.78 is 46.1.